The lowest BCUT2D eigenvalue weighted by Gasteiger charge is -2.32. The summed E-state index contributed by atoms with van der Waals surface area (Å²) in [5, 5.41) is 0. The normalized spacial score (nSPS) is 12.8. The summed E-state index contributed by atoms with van der Waals surface area (Å²) in [4.78, 5) is 97.4. The van der Waals surface area contributed by atoms with E-state index in [9.17, 15) is 0 Å². The lowest BCUT2D eigenvalue weighted by Crippen LogP contribution is -2.49. The van der Waals surface area contributed by atoms with Crippen molar-refractivity contribution in [2.24, 2.45) is 0 Å². The van der Waals surface area contributed by atoms with Gasteiger partial charge in [0.05, 0.1) is 0 Å². The molecule has 0 bridgehead atoms. The number of imide groups is 3. The molecule has 6 amide bonds. The van der Waals surface area contributed by atoms with Gasteiger partial charge < -0.3 is 0 Å². The van der Waals surface area contributed by atoms with Gasteiger partial charge in [0.1, 0.15) is 0 Å². The zero-order chi connectivity index (χ0) is 61.2. The highest BCUT2D eigenvalue weighted by Crippen LogP contribution is 2.24. The number of nitrogens with zero attached hydrogens (tertiary/aromatic N) is 4. The predicted molar refractivity (Wildman–Crippen MR) is 349 cm³/mol. The van der Waals surface area contributed by atoms with Gasteiger partial charge in [-0.1, -0.05) is 235 Å². The average Bonchev–Trinajstić information content (AvgIpc) is 3.47. The number of unbranched alkanes of at least 4 members (excludes halogenated alkanes) is 18. The van der Waals surface area contributed by atoms with E-state index in [1.165, 1.54) is 14.7 Å². The Bertz CT molecular complexity index is 1610. The Morgan fingerprint density at radius 2 is 0.378 bits per heavy atom. The summed E-state index contributed by atoms with van der Waals surface area (Å²) < 4.78 is 0. The standard InChI is InChI=1S/C72H126N4O6/c1-13-25-31-37-49-61(43-19-7)67(77)74(68(78)62(44-20-8)50-38-32-26-14-2)58-55-73(56-59-75(69(79)63(45-21-9)51-39-33-27-15-3)70(80)64(46-22-10)52-40-34-28-16-4)57-60-76(71(81)65(47-23-11)53-41-35-29-17-5)72(82)66(48-24-12)54-42-36-30-18-6/h43-48H,13-42,49-60H2,1-12H3. The topological polar surface area (TPSA) is 115 Å². The summed E-state index contributed by atoms with van der Waals surface area (Å²) in [7, 11) is 0. The predicted octanol–water partition coefficient (Wildman–Crippen LogP) is 19.2. The third-order valence-corrected chi connectivity index (χ3v) is 15.5. The maximum Gasteiger partial charge on any atom is 0.256 e. The van der Waals surface area contributed by atoms with Gasteiger partial charge in [-0.2, -0.15) is 0 Å². The van der Waals surface area contributed by atoms with Gasteiger partial charge >= 0.3 is 0 Å². The van der Waals surface area contributed by atoms with Crippen molar-refractivity contribution >= 4 is 35.4 Å². The van der Waals surface area contributed by atoms with Crippen molar-refractivity contribution in [2.75, 3.05) is 39.3 Å². The first-order valence-corrected chi connectivity index (χ1v) is 34.3. The summed E-state index contributed by atoms with van der Waals surface area (Å²) >= 11 is 0. The fourth-order valence-corrected chi connectivity index (χ4v) is 10.7. The van der Waals surface area contributed by atoms with E-state index in [1.54, 1.807) is 0 Å². The fraction of sp³-hybridized carbons (Fsp3) is 0.750. The zero-order valence-electron chi connectivity index (χ0n) is 55.4. The fourth-order valence-electron chi connectivity index (χ4n) is 10.7. The molecule has 0 fully saturated rings. The Labute approximate surface area is 505 Å². The van der Waals surface area contributed by atoms with E-state index in [2.05, 4.69) is 46.4 Å². The quantitative estimate of drug-likeness (QED) is 0.0440. The molecule has 0 saturated heterocycles. The van der Waals surface area contributed by atoms with Gasteiger partial charge in [0.25, 0.3) is 35.4 Å². The third kappa shape index (κ3) is 33.3. The Hall–Kier alpha value is -4.18. The summed E-state index contributed by atoms with van der Waals surface area (Å²) in [5.41, 5.74) is 3.90. The van der Waals surface area contributed by atoms with Crippen molar-refractivity contribution in [3.8, 4) is 0 Å². The summed E-state index contributed by atoms with van der Waals surface area (Å²) in [5.74, 6) is -1.65. The van der Waals surface area contributed by atoms with Crippen LogP contribution in [-0.4, -0.2) is 94.3 Å². The Balaban J connectivity index is 8.37. The molecule has 0 rings (SSSR count). The molecular weight excluding hydrogens is 1020 g/mol. The molecule has 0 aliphatic heterocycles. The van der Waals surface area contributed by atoms with Crippen LogP contribution in [0.5, 0.6) is 0 Å². The smallest absolute Gasteiger partial charge is 0.256 e. The molecule has 0 aromatic rings. The van der Waals surface area contributed by atoms with Crippen LogP contribution in [-0.2, 0) is 28.8 Å². The van der Waals surface area contributed by atoms with Crippen molar-refractivity contribution in [1.29, 1.82) is 0 Å². The van der Waals surface area contributed by atoms with Crippen molar-refractivity contribution in [2.45, 2.75) is 314 Å². The van der Waals surface area contributed by atoms with Gasteiger partial charge in [0.15, 0.2) is 0 Å². The second-order valence-electron chi connectivity index (χ2n) is 22.8. The van der Waals surface area contributed by atoms with E-state index in [0.29, 0.717) is 110 Å². The van der Waals surface area contributed by atoms with E-state index in [1.807, 2.05) is 78.0 Å². The van der Waals surface area contributed by atoms with E-state index in [4.69, 9.17) is 0 Å². The highest BCUT2D eigenvalue weighted by molar-refractivity contribution is 6.11. The largest absolute Gasteiger partial charge is 0.298 e. The van der Waals surface area contributed by atoms with Gasteiger partial charge in [-0.3, -0.25) is 48.4 Å². The van der Waals surface area contributed by atoms with Gasteiger partial charge in [0, 0.05) is 72.7 Å². The second kappa shape index (κ2) is 52.4. The van der Waals surface area contributed by atoms with E-state index in [-0.39, 0.29) is 74.7 Å². The first kappa shape index (κ1) is 77.8. The van der Waals surface area contributed by atoms with E-state index in [0.717, 1.165) is 154 Å². The van der Waals surface area contributed by atoms with Gasteiger partial charge in [0.2, 0.25) is 0 Å². The number of amides is 6. The zero-order valence-corrected chi connectivity index (χ0v) is 55.4. The first-order valence-electron chi connectivity index (χ1n) is 34.3. The molecule has 0 aromatic carbocycles. The minimum atomic E-state index is -0.275. The molecule has 0 aromatic heterocycles. The molecule has 0 unspecified atom stereocenters. The molecule has 470 valence electrons. The molecule has 0 heterocycles. The Morgan fingerprint density at radius 1 is 0.220 bits per heavy atom. The van der Waals surface area contributed by atoms with Crippen molar-refractivity contribution in [3.05, 3.63) is 69.9 Å². The molecule has 0 spiro atoms. The number of hydrogen-bond donors (Lipinski definition) is 0. The third-order valence-electron chi connectivity index (χ3n) is 15.5. The molecular formula is C72H126N4O6. The van der Waals surface area contributed by atoms with Crippen LogP contribution < -0.4 is 0 Å². The molecule has 0 N–H and O–H groups in total. The molecule has 0 atom stereocenters. The summed E-state index contributed by atoms with van der Waals surface area (Å²) in [6, 6.07) is 0. The number of carbonyl (C=O) groups is 6. The average molecular weight is 1140 g/mol. The minimum Gasteiger partial charge on any atom is -0.298 e. The lowest BCUT2D eigenvalue weighted by atomic mass is 10.0. The van der Waals surface area contributed by atoms with Crippen LogP contribution in [0.4, 0.5) is 0 Å². The molecule has 0 radical (unpaired) electrons. The van der Waals surface area contributed by atoms with Crippen molar-refractivity contribution in [1.82, 2.24) is 19.6 Å². The van der Waals surface area contributed by atoms with Gasteiger partial charge in [-0.05, 0) is 116 Å². The Morgan fingerprint density at radius 3 is 0.512 bits per heavy atom. The number of rotatable bonds is 51. The highest BCUT2D eigenvalue weighted by Gasteiger charge is 2.32. The second-order valence-corrected chi connectivity index (χ2v) is 22.8. The SMILES string of the molecule is CCC=C(CCCCCC)C(=O)N(CCN(CCN(C(=O)C(=CCC)CCCCCC)C(=O)C(=CCC)CCCCCC)CCN(C(=O)C(=CCC)CCCCCC)C(=O)C(=CCC)CCCCCC)C(=O)C(=CCC)CCCCCC. The van der Waals surface area contributed by atoms with Crippen LogP contribution in [0.1, 0.15) is 314 Å². The van der Waals surface area contributed by atoms with Crippen LogP contribution in [0, 0.1) is 0 Å². The summed E-state index contributed by atoms with van der Waals surface area (Å²) in [6.07, 6.45) is 43.3. The van der Waals surface area contributed by atoms with Crippen molar-refractivity contribution in [3.63, 3.8) is 0 Å². The molecule has 82 heavy (non-hydrogen) atoms. The van der Waals surface area contributed by atoms with Crippen LogP contribution in [0.15, 0.2) is 69.9 Å². The van der Waals surface area contributed by atoms with Gasteiger partial charge in [-0.25, -0.2) is 0 Å². The molecule has 0 aliphatic carbocycles. The van der Waals surface area contributed by atoms with Crippen LogP contribution in [0.25, 0.3) is 0 Å². The molecule has 0 saturated carbocycles. The van der Waals surface area contributed by atoms with E-state index < -0.39 is 0 Å². The Kier molecular flexibility index (Phi) is 49.7. The highest BCUT2D eigenvalue weighted by atomic mass is 16.2. The van der Waals surface area contributed by atoms with Gasteiger partial charge in [-0.15, -0.1) is 0 Å². The number of hydrogen-bond acceptors (Lipinski definition) is 7. The number of allylic oxidation sites excluding steroid dienone is 6. The monoisotopic (exact) mass is 1140 g/mol. The molecule has 0 aliphatic rings. The van der Waals surface area contributed by atoms with Crippen LogP contribution >= 0.6 is 0 Å². The van der Waals surface area contributed by atoms with Crippen LogP contribution in [0.2, 0.25) is 0 Å². The lowest BCUT2D eigenvalue weighted by molar-refractivity contribution is -0.141. The number of carbonyl (C=O) groups excluding carboxylic acids is 6. The molecule has 10 nitrogen and oxygen atoms in total. The minimum absolute atomic E-state index is 0.0567. The first-order chi connectivity index (χ1) is 39.8. The van der Waals surface area contributed by atoms with Crippen LogP contribution in [0.3, 0.4) is 0 Å². The van der Waals surface area contributed by atoms with Crippen molar-refractivity contribution < 1.29 is 28.8 Å². The summed E-state index contributed by atoms with van der Waals surface area (Å²) in [6.45, 7) is 26.0. The maximum absolute atomic E-state index is 15.2. The van der Waals surface area contributed by atoms with E-state index >= 15 is 28.8 Å². The maximum atomic E-state index is 15.2. The molecule has 10 heteroatoms.